The summed E-state index contributed by atoms with van der Waals surface area (Å²) in [6, 6.07) is 10.7. The van der Waals surface area contributed by atoms with E-state index in [0.29, 0.717) is 0 Å². The summed E-state index contributed by atoms with van der Waals surface area (Å²) in [4.78, 5) is 0. The third-order valence-corrected chi connectivity index (χ3v) is 7.78. The molecule has 0 aliphatic heterocycles. The molecule has 92 valence electrons. The Bertz CT molecular complexity index is 338. The summed E-state index contributed by atoms with van der Waals surface area (Å²) in [6.07, 6.45) is 10.8. The van der Waals surface area contributed by atoms with Gasteiger partial charge in [-0.3, -0.25) is 0 Å². The Morgan fingerprint density at radius 3 is 1.71 bits per heavy atom. The van der Waals surface area contributed by atoms with Crippen LogP contribution in [-0.4, -0.2) is 18.5 Å². The summed E-state index contributed by atoms with van der Waals surface area (Å²) < 4.78 is 0. The van der Waals surface area contributed by atoms with E-state index in [1.807, 2.05) is 0 Å². The van der Waals surface area contributed by atoms with Gasteiger partial charge in [0.05, 0.1) is 0 Å². The van der Waals surface area contributed by atoms with Crippen LogP contribution in [-0.2, 0) is 6.16 Å². The van der Waals surface area contributed by atoms with Crippen LogP contribution in [0.25, 0.3) is 0 Å². The van der Waals surface area contributed by atoms with E-state index in [1.54, 1.807) is 0 Å². The average Bonchev–Trinajstić information content (AvgIpc) is 2.31. The van der Waals surface area contributed by atoms with Gasteiger partial charge in [0, 0.05) is 0 Å². The van der Waals surface area contributed by atoms with Gasteiger partial charge in [-0.15, -0.1) is 0 Å². The molecular formula is C16H23P. The van der Waals surface area contributed by atoms with Crippen LogP contribution in [0.15, 0.2) is 68.3 Å². The summed E-state index contributed by atoms with van der Waals surface area (Å²) >= 11 is 0. The number of rotatable bonds is 8. The molecule has 0 aromatic heterocycles. The van der Waals surface area contributed by atoms with E-state index < -0.39 is 7.26 Å². The Labute approximate surface area is 106 Å². The number of hydrogen-bond acceptors (Lipinski definition) is 0. The fraction of sp³-hybridized carbons (Fsp3) is 0.250. The van der Waals surface area contributed by atoms with Crippen LogP contribution in [0.2, 0.25) is 0 Å². The average molecular weight is 246 g/mol. The Kier molecular flexibility index (Phi) is 5.94. The molecule has 0 nitrogen and oxygen atoms in total. The zero-order valence-corrected chi connectivity index (χ0v) is 11.6. The van der Waals surface area contributed by atoms with Crippen LogP contribution in [0, 0.1) is 0 Å². The summed E-state index contributed by atoms with van der Waals surface area (Å²) in [5.41, 5.74) is 1.43. The van der Waals surface area contributed by atoms with Crippen molar-refractivity contribution < 1.29 is 0 Å². The van der Waals surface area contributed by atoms with Gasteiger partial charge in [-0.2, -0.15) is 0 Å². The van der Waals surface area contributed by atoms with Gasteiger partial charge < -0.3 is 0 Å². The van der Waals surface area contributed by atoms with Crippen molar-refractivity contribution in [3.8, 4) is 0 Å². The first-order valence-corrected chi connectivity index (χ1v) is 8.96. The van der Waals surface area contributed by atoms with Crippen molar-refractivity contribution in [1.82, 2.24) is 0 Å². The molecule has 0 saturated heterocycles. The van der Waals surface area contributed by atoms with Crippen molar-refractivity contribution in [2.75, 3.05) is 18.5 Å². The quantitative estimate of drug-likeness (QED) is 0.468. The first-order valence-electron chi connectivity index (χ1n) is 6.13. The van der Waals surface area contributed by atoms with Gasteiger partial charge in [0.1, 0.15) is 0 Å². The third-order valence-electron chi connectivity index (χ3n) is 3.15. The van der Waals surface area contributed by atoms with Gasteiger partial charge >= 0.3 is 106 Å². The summed E-state index contributed by atoms with van der Waals surface area (Å²) in [5.74, 6) is 0. The molecule has 0 fully saturated rings. The van der Waals surface area contributed by atoms with Crippen molar-refractivity contribution in [3.63, 3.8) is 0 Å². The van der Waals surface area contributed by atoms with Crippen LogP contribution < -0.4 is 0 Å². The fourth-order valence-corrected chi connectivity index (χ4v) is 6.29. The van der Waals surface area contributed by atoms with Crippen LogP contribution in [0.1, 0.15) is 5.56 Å². The van der Waals surface area contributed by atoms with Crippen LogP contribution >= 0.6 is 7.26 Å². The minimum atomic E-state index is -1.39. The first-order chi connectivity index (χ1) is 8.26. The molecule has 1 rings (SSSR count). The van der Waals surface area contributed by atoms with Crippen molar-refractivity contribution in [2.45, 2.75) is 6.16 Å². The van der Waals surface area contributed by atoms with Crippen molar-refractivity contribution >= 4 is 7.26 Å². The molecular weight excluding hydrogens is 223 g/mol. The summed E-state index contributed by atoms with van der Waals surface area (Å²) in [5, 5.41) is 0. The topological polar surface area (TPSA) is 0 Å². The molecule has 0 radical (unpaired) electrons. The Balaban J connectivity index is 2.90. The van der Waals surface area contributed by atoms with Crippen molar-refractivity contribution in [1.29, 1.82) is 0 Å². The number of benzene rings is 1. The summed E-state index contributed by atoms with van der Waals surface area (Å²) in [7, 11) is -1.39. The summed E-state index contributed by atoms with van der Waals surface area (Å²) in [6.45, 7) is 11.8. The second kappa shape index (κ2) is 7.25. The van der Waals surface area contributed by atoms with Crippen LogP contribution in [0.3, 0.4) is 0 Å². The monoisotopic (exact) mass is 246 g/mol. The van der Waals surface area contributed by atoms with Crippen molar-refractivity contribution in [3.05, 3.63) is 73.9 Å². The molecule has 0 saturated carbocycles. The molecule has 0 bridgehead atoms. The molecule has 0 aliphatic carbocycles. The first kappa shape index (κ1) is 13.9. The Hall–Kier alpha value is -1.13. The van der Waals surface area contributed by atoms with E-state index in [1.165, 1.54) is 11.7 Å². The zero-order valence-electron chi connectivity index (χ0n) is 10.6. The van der Waals surface area contributed by atoms with E-state index in [4.69, 9.17) is 0 Å². The predicted molar refractivity (Wildman–Crippen MR) is 83.7 cm³/mol. The standard InChI is InChI=1S/C16H23P/c1-4-12-17(13-5-2,14-6-3)15-16-10-8-7-9-11-16/h4-11,17H,1-3,12-15H2. The molecule has 0 spiro atoms. The molecule has 1 heteroatoms. The predicted octanol–water partition coefficient (Wildman–Crippen LogP) is 4.49. The van der Waals surface area contributed by atoms with Gasteiger partial charge in [0.25, 0.3) is 0 Å². The number of hydrogen-bond donors (Lipinski definition) is 0. The maximum absolute atomic E-state index is 3.92. The van der Waals surface area contributed by atoms with Crippen LogP contribution in [0.5, 0.6) is 0 Å². The van der Waals surface area contributed by atoms with E-state index in [2.05, 4.69) is 68.3 Å². The molecule has 0 N–H and O–H groups in total. The van der Waals surface area contributed by atoms with Crippen LogP contribution in [0.4, 0.5) is 0 Å². The third kappa shape index (κ3) is 4.32. The maximum atomic E-state index is 3.92. The molecule has 1 aromatic rings. The molecule has 0 amide bonds. The van der Waals surface area contributed by atoms with Gasteiger partial charge in [-0.05, 0) is 0 Å². The second-order valence-corrected chi connectivity index (χ2v) is 9.22. The van der Waals surface area contributed by atoms with Gasteiger partial charge in [-0.1, -0.05) is 0 Å². The minimum absolute atomic E-state index is 1.14. The van der Waals surface area contributed by atoms with Crippen molar-refractivity contribution in [2.24, 2.45) is 0 Å². The van der Waals surface area contributed by atoms with Gasteiger partial charge in [0.15, 0.2) is 0 Å². The fourth-order valence-electron chi connectivity index (χ4n) is 2.41. The van der Waals surface area contributed by atoms with Gasteiger partial charge in [0.2, 0.25) is 0 Å². The zero-order chi connectivity index (χ0) is 12.6. The Morgan fingerprint density at radius 1 is 0.824 bits per heavy atom. The van der Waals surface area contributed by atoms with E-state index in [9.17, 15) is 0 Å². The van der Waals surface area contributed by atoms with Gasteiger partial charge in [-0.25, -0.2) is 0 Å². The molecule has 0 atom stereocenters. The molecule has 0 heterocycles. The second-order valence-electron chi connectivity index (χ2n) is 4.64. The molecule has 0 aliphatic rings. The molecule has 17 heavy (non-hydrogen) atoms. The van der Waals surface area contributed by atoms with E-state index >= 15 is 0 Å². The molecule has 1 aromatic carbocycles. The SMILES string of the molecule is C=CC[PH](CC=C)(CC=C)Cc1ccccc1. The van der Waals surface area contributed by atoms with E-state index in [-0.39, 0.29) is 0 Å². The normalized spacial score (nSPS) is 11.8. The molecule has 0 unspecified atom stereocenters. The number of allylic oxidation sites excluding steroid dienone is 3. The Morgan fingerprint density at radius 2 is 1.29 bits per heavy atom. The van der Waals surface area contributed by atoms with E-state index in [0.717, 1.165) is 18.5 Å².